The van der Waals surface area contributed by atoms with Crippen molar-refractivity contribution in [2.75, 3.05) is 0 Å². The number of rotatable bonds is 2. The van der Waals surface area contributed by atoms with Crippen LogP contribution in [0.2, 0.25) is 0 Å². The summed E-state index contributed by atoms with van der Waals surface area (Å²) in [6.45, 7) is 4.32. The summed E-state index contributed by atoms with van der Waals surface area (Å²) < 4.78 is 0. The zero-order chi connectivity index (χ0) is 17.0. The van der Waals surface area contributed by atoms with Crippen LogP contribution in [0.3, 0.4) is 0 Å². The Morgan fingerprint density at radius 3 is 2.44 bits per heavy atom. The molecule has 2 aliphatic rings. The van der Waals surface area contributed by atoms with Gasteiger partial charge in [0.15, 0.2) is 0 Å². The number of aromatic nitrogens is 1. The second kappa shape index (κ2) is 5.69. The predicted molar refractivity (Wildman–Crippen MR) is 105 cm³/mol. The molecule has 2 bridgehead atoms. The van der Waals surface area contributed by atoms with Gasteiger partial charge in [0.05, 0.1) is 11.2 Å². The van der Waals surface area contributed by atoms with Crippen molar-refractivity contribution >= 4 is 10.9 Å². The lowest BCUT2D eigenvalue weighted by Gasteiger charge is -2.23. The summed E-state index contributed by atoms with van der Waals surface area (Å²) in [5.74, 6) is 2.65. The fourth-order valence-electron chi connectivity index (χ4n) is 5.41. The molecule has 0 saturated heterocycles. The molecule has 126 valence electrons. The van der Waals surface area contributed by atoms with Crippen molar-refractivity contribution in [1.82, 2.24) is 4.98 Å². The van der Waals surface area contributed by atoms with E-state index >= 15 is 0 Å². The van der Waals surface area contributed by atoms with E-state index in [4.69, 9.17) is 4.98 Å². The molecule has 25 heavy (non-hydrogen) atoms. The van der Waals surface area contributed by atoms with E-state index in [0.29, 0.717) is 0 Å². The highest BCUT2D eigenvalue weighted by Gasteiger charge is 2.40. The van der Waals surface area contributed by atoms with Crippen molar-refractivity contribution in [3.8, 4) is 11.3 Å². The summed E-state index contributed by atoms with van der Waals surface area (Å²) in [5.41, 5.74) is 7.61. The molecule has 0 spiro atoms. The molecule has 1 nitrogen and oxygen atoms in total. The Balaban J connectivity index is 1.59. The zero-order valence-electron chi connectivity index (χ0n) is 15.1. The van der Waals surface area contributed by atoms with E-state index in [0.717, 1.165) is 29.0 Å². The molecule has 3 atom stereocenters. The highest BCUT2D eigenvalue weighted by molar-refractivity contribution is 5.85. The quantitative estimate of drug-likeness (QED) is 0.529. The smallest absolute Gasteiger partial charge is 0.0712 e. The van der Waals surface area contributed by atoms with Gasteiger partial charge in [-0.2, -0.15) is 0 Å². The molecule has 1 heteroatoms. The molecule has 0 aliphatic heterocycles. The second-order valence-corrected chi connectivity index (χ2v) is 8.27. The summed E-state index contributed by atoms with van der Waals surface area (Å²) in [4.78, 5) is 5.02. The minimum absolute atomic E-state index is 0.760. The van der Waals surface area contributed by atoms with Gasteiger partial charge in [-0.05, 0) is 80.7 Å². The highest BCUT2D eigenvalue weighted by atomic mass is 14.7. The number of fused-ring (bicyclic) bond motifs is 3. The SMILES string of the molecule is Cc1cc(C)cc(-c2ccc3c(C4CC5CCC4C5)cccc3n2)c1. The highest BCUT2D eigenvalue weighted by Crippen LogP contribution is 2.53. The number of hydrogen-bond acceptors (Lipinski definition) is 1. The summed E-state index contributed by atoms with van der Waals surface area (Å²) in [6.07, 6.45) is 5.73. The van der Waals surface area contributed by atoms with Crippen molar-refractivity contribution in [3.63, 3.8) is 0 Å². The van der Waals surface area contributed by atoms with Crippen LogP contribution in [0.25, 0.3) is 22.2 Å². The average Bonchev–Trinajstić information content (AvgIpc) is 3.23. The molecule has 0 N–H and O–H groups in total. The summed E-state index contributed by atoms with van der Waals surface area (Å²) in [6, 6.07) is 18.0. The van der Waals surface area contributed by atoms with E-state index < -0.39 is 0 Å². The summed E-state index contributed by atoms with van der Waals surface area (Å²) >= 11 is 0. The second-order valence-electron chi connectivity index (χ2n) is 8.27. The van der Waals surface area contributed by atoms with Gasteiger partial charge in [-0.25, -0.2) is 4.98 Å². The zero-order valence-corrected chi connectivity index (χ0v) is 15.1. The third kappa shape index (κ3) is 2.57. The van der Waals surface area contributed by atoms with Crippen molar-refractivity contribution in [2.45, 2.75) is 45.4 Å². The lowest BCUT2D eigenvalue weighted by atomic mass is 9.82. The maximum absolute atomic E-state index is 5.02. The Morgan fingerprint density at radius 2 is 1.72 bits per heavy atom. The van der Waals surface area contributed by atoms with Crippen LogP contribution in [0.4, 0.5) is 0 Å². The fourth-order valence-corrected chi connectivity index (χ4v) is 5.41. The van der Waals surface area contributed by atoms with E-state index in [9.17, 15) is 0 Å². The predicted octanol–water partition coefficient (Wildman–Crippen LogP) is 6.42. The molecule has 1 aromatic heterocycles. The maximum Gasteiger partial charge on any atom is 0.0712 e. The summed E-state index contributed by atoms with van der Waals surface area (Å²) in [7, 11) is 0. The molecule has 2 aliphatic carbocycles. The first-order valence-electron chi connectivity index (χ1n) is 9.66. The third-order valence-electron chi connectivity index (χ3n) is 6.42. The molecule has 0 radical (unpaired) electrons. The Bertz CT molecular complexity index is 935. The van der Waals surface area contributed by atoms with Gasteiger partial charge in [-0.1, -0.05) is 41.8 Å². The van der Waals surface area contributed by atoms with E-state index in [1.165, 1.54) is 47.8 Å². The largest absolute Gasteiger partial charge is 0.248 e. The van der Waals surface area contributed by atoms with Gasteiger partial charge in [0.2, 0.25) is 0 Å². The Morgan fingerprint density at radius 1 is 0.880 bits per heavy atom. The van der Waals surface area contributed by atoms with Crippen molar-refractivity contribution < 1.29 is 0 Å². The van der Waals surface area contributed by atoms with Crippen LogP contribution in [0.1, 0.15) is 48.3 Å². The van der Waals surface area contributed by atoms with Crippen molar-refractivity contribution in [2.24, 2.45) is 11.8 Å². The van der Waals surface area contributed by atoms with Crippen LogP contribution < -0.4 is 0 Å². The Kier molecular flexibility index (Phi) is 3.45. The van der Waals surface area contributed by atoms with Gasteiger partial charge in [0.1, 0.15) is 0 Å². The topological polar surface area (TPSA) is 12.9 Å². The lowest BCUT2D eigenvalue weighted by molar-refractivity contribution is 0.422. The number of aryl methyl sites for hydroxylation is 2. The molecular formula is C24H25N. The molecular weight excluding hydrogens is 302 g/mol. The molecule has 2 fully saturated rings. The van der Waals surface area contributed by atoms with Gasteiger partial charge in [-0.15, -0.1) is 0 Å². The first-order chi connectivity index (χ1) is 12.2. The standard InChI is InChI=1S/C24H25N/c1-15-10-16(2)12-19(11-15)23-9-8-21-20(4-3-5-24(21)25-23)22-14-17-6-7-18(22)13-17/h3-5,8-12,17-18,22H,6-7,13-14H2,1-2H3. The van der Waals surface area contributed by atoms with Gasteiger partial charge in [0, 0.05) is 10.9 Å². The van der Waals surface area contributed by atoms with Crippen LogP contribution in [-0.2, 0) is 0 Å². The molecule has 1 heterocycles. The van der Waals surface area contributed by atoms with E-state index in [1.807, 2.05) is 0 Å². The number of benzene rings is 2. The Hall–Kier alpha value is -2.15. The van der Waals surface area contributed by atoms with Crippen LogP contribution in [0.5, 0.6) is 0 Å². The molecule has 2 aromatic carbocycles. The van der Waals surface area contributed by atoms with Crippen LogP contribution >= 0.6 is 0 Å². The van der Waals surface area contributed by atoms with E-state index in [2.05, 4.69) is 62.4 Å². The number of nitrogens with zero attached hydrogens (tertiary/aromatic N) is 1. The molecule has 3 aromatic rings. The minimum Gasteiger partial charge on any atom is -0.248 e. The molecule has 2 saturated carbocycles. The third-order valence-corrected chi connectivity index (χ3v) is 6.42. The minimum atomic E-state index is 0.760. The van der Waals surface area contributed by atoms with Crippen molar-refractivity contribution in [1.29, 1.82) is 0 Å². The van der Waals surface area contributed by atoms with Gasteiger partial charge in [0.25, 0.3) is 0 Å². The average molecular weight is 327 g/mol. The van der Waals surface area contributed by atoms with Gasteiger partial charge in [-0.3, -0.25) is 0 Å². The van der Waals surface area contributed by atoms with Crippen LogP contribution in [0, 0.1) is 25.7 Å². The number of pyridine rings is 1. The van der Waals surface area contributed by atoms with Crippen molar-refractivity contribution in [3.05, 3.63) is 65.2 Å². The van der Waals surface area contributed by atoms with E-state index in [-0.39, 0.29) is 0 Å². The molecule has 5 rings (SSSR count). The lowest BCUT2D eigenvalue weighted by Crippen LogP contribution is -2.09. The molecule has 3 unspecified atom stereocenters. The first kappa shape index (κ1) is 15.1. The number of hydrogen-bond donors (Lipinski definition) is 0. The van der Waals surface area contributed by atoms with E-state index in [1.54, 1.807) is 5.56 Å². The monoisotopic (exact) mass is 327 g/mol. The van der Waals surface area contributed by atoms with Crippen LogP contribution in [-0.4, -0.2) is 4.98 Å². The first-order valence-corrected chi connectivity index (χ1v) is 9.66. The Labute approximate surface area is 150 Å². The maximum atomic E-state index is 5.02. The van der Waals surface area contributed by atoms with Crippen LogP contribution in [0.15, 0.2) is 48.5 Å². The van der Waals surface area contributed by atoms with Gasteiger partial charge < -0.3 is 0 Å². The summed E-state index contributed by atoms with van der Waals surface area (Å²) in [5, 5.41) is 1.37. The normalized spacial score (nSPS) is 25.0. The van der Waals surface area contributed by atoms with Gasteiger partial charge >= 0.3 is 0 Å². The fraction of sp³-hybridized carbons (Fsp3) is 0.375. The molecule has 0 amide bonds.